The van der Waals surface area contributed by atoms with Crippen LogP contribution in [0.4, 0.5) is 17.1 Å². The predicted molar refractivity (Wildman–Crippen MR) is 289 cm³/mol. The summed E-state index contributed by atoms with van der Waals surface area (Å²) >= 11 is 0. The van der Waals surface area contributed by atoms with Gasteiger partial charge in [-0.1, -0.05) is 167 Å². The third-order valence-corrected chi connectivity index (χ3v) is 15.9. The summed E-state index contributed by atoms with van der Waals surface area (Å²) in [5, 5.41) is 6.39. The number of hydrogen-bond acceptors (Lipinski definition) is 4. The van der Waals surface area contributed by atoms with Gasteiger partial charge in [-0.05, 0) is 116 Å². The molecule has 0 bridgehead atoms. The van der Waals surface area contributed by atoms with Gasteiger partial charge in [0.25, 0.3) is 0 Å². The topological polar surface area (TPSA) is 42.7 Å². The number of hydrogen-bond donors (Lipinski definition) is 0. The molecule has 0 radical (unpaired) electrons. The Labute approximate surface area is 404 Å². The smallest absolute Gasteiger partial charge is 0.144 e. The number of nitrogens with zero attached hydrogens (tertiary/aromatic N) is 1. The number of fused-ring (bicyclic) bond motifs is 15. The molecule has 0 fully saturated rings. The number of furan rings is 3. The van der Waals surface area contributed by atoms with E-state index in [2.05, 4.69) is 215 Å². The minimum absolute atomic E-state index is 0.172. The van der Waals surface area contributed by atoms with Gasteiger partial charge in [-0.15, -0.1) is 0 Å². The highest BCUT2D eigenvalue weighted by Crippen LogP contribution is 2.55. The molecule has 0 saturated heterocycles. The molecule has 0 spiro atoms. The van der Waals surface area contributed by atoms with Gasteiger partial charge in [-0.3, -0.25) is 0 Å². The van der Waals surface area contributed by atoms with E-state index in [1.807, 2.05) is 18.2 Å². The molecule has 13 aromatic rings. The highest BCUT2D eigenvalue weighted by atomic mass is 16.3. The summed E-state index contributed by atoms with van der Waals surface area (Å²) in [7, 11) is 0. The van der Waals surface area contributed by atoms with Gasteiger partial charge in [-0.25, -0.2) is 0 Å². The van der Waals surface area contributed by atoms with Crippen LogP contribution in [0.15, 0.2) is 213 Å². The van der Waals surface area contributed by atoms with E-state index in [0.717, 1.165) is 105 Å². The van der Waals surface area contributed by atoms with Gasteiger partial charge in [0.15, 0.2) is 0 Å². The maximum atomic E-state index is 7.27. The van der Waals surface area contributed by atoms with E-state index in [1.165, 1.54) is 44.5 Å². The Kier molecular flexibility index (Phi) is 7.88. The summed E-state index contributed by atoms with van der Waals surface area (Å²) in [6, 6.07) is 72.5. The van der Waals surface area contributed by atoms with E-state index < -0.39 is 0 Å². The van der Waals surface area contributed by atoms with Gasteiger partial charge < -0.3 is 18.2 Å². The summed E-state index contributed by atoms with van der Waals surface area (Å²) in [5.41, 5.74) is 22.7. The summed E-state index contributed by atoms with van der Waals surface area (Å²) in [5.74, 6) is 0. The third-order valence-electron chi connectivity index (χ3n) is 15.9. The van der Waals surface area contributed by atoms with Crippen LogP contribution in [0.1, 0.15) is 49.9 Å². The van der Waals surface area contributed by atoms with Crippen molar-refractivity contribution in [2.24, 2.45) is 0 Å². The highest BCUT2D eigenvalue weighted by molar-refractivity contribution is 6.25. The van der Waals surface area contributed by atoms with Crippen molar-refractivity contribution in [3.63, 3.8) is 0 Å². The molecule has 4 nitrogen and oxygen atoms in total. The van der Waals surface area contributed by atoms with Crippen molar-refractivity contribution in [2.45, 2.75) is 38.5 Å². The summed E-state index contributed by atoms with van der Waals surface area (Å²) in [4.78, 5) is 2.42. The van der Waals surface area contributed by atoms with Crippen molar-refractivity contribution in [3.8, 4) is 44.5 Å². The van der Waals surface area contributed by atoms with Crippen molar-refractivity contribution in [1.29, 1.82) is 0 Å². The molecule has 0 aliphatic heterocycles. The van der Waals surface area contributed by atoms with Crippen LogP contribution in [0.25, 0.3) is 110 Å². The zero-order valence-electron chi connectivity index (χ0n) is 39.2. The van der Waals surface area contributed by atoms with Gasteiger partial charge in [0.05, 0.1) is 11.1 Å². The Morgan fingerprint density at radius 2 is 0.871 bits per heavy atom. The van der Waals surface area contributed by atoms with E-state index in [4.69, 9.17) is 13.3 Å². The Hall–Kier alpha value is -8.60. The fraction of sp³-hybridized carbons (Fsp3) is 0.0909. The van der Waals surface area contributed by atoms with Crippen LogP contribution >= 0.6 is 0 Å². The van der Waals surface area contributed by atoms with Gasteiger partial charge in [0.2, 0.25) is 0 Å². The second kappa shape index (κ2) is 14.0. The Bertz CT molecular complexity index is 4360. The molecule has 0 unspecified atom stereocenters. The quantitative estimate of drug-likeness (QED) is 0.173. The van der Waals surface area contributed by atoms with Crippen molar-refractivity contribution in [1.82, 2.24) is 0 Å². The second-order valence-corrected chi connectivity index (χ2v) is 20.3. The molecule has 332 valence electrons. The zero-order valence-corrected chi connectivity index (χ0v) is 39.2. The number of rotatable bonds is 5. The highest BCUT2D eigenvalue weighted by Gasteiger charge is 2.38. The Morgan fingerprint density at radius 3 is 1.63 bits per heavy atom. The molecule has 3 aromatic heterocycles. The number of para-hydroxylation sites is 3. The van der Waals surface area contributed by atoms with Crippen LogP contribution in [0.5, 0.6) is 0 Å². The normalized spacial score (nSPS) is 14.2. The van der Waals surface area contributed by atoms with Crippen LogP contribution in [0.2, 0.25) is 0 Å². The fourth-order valence-electron chi connectivity index (χ4n) is 12.5. The number of anilines is 3. The summed E-state index contributed by atoms with van der Waals surface area (Å²) in [6.45, 7) is 9.39. The van der Waals surface area contributed by atoms with Crippen molar-refractivity contribution in [2.75, 3.05) is 4.90 Å². The molecule has 0 amide bonds. The van der Waals surface area contributed by atoms with Crippen molar-refractivity contribution in [3.05, 3.63) is 222 Å². The minimum atomic E-state index is -0.190. The first-order valence-electron chi connectivity index (χ1n) is 24.3. The standard InChI is InChI=1S/C66H45NO3/c1-65(2)51-21-9-5-15-43(51)45-33-29-39(35-53(45)65)60-62-49-18-8-12-25-57(49)68-59(62)37-50-61-55(23-14-26-58(61)70-64(50)60)67(41-32-34-46-44-16-6-10-22-52(44)66(3,4)54(46)36-41)40-30-27-38(28-31-40)42-19-13-20-48-47-17-7-11-24-56(47)69-63(42)48/h5-37H,1-4H3. The monoisotopic (exact) mass is 899 g/mol. The largest absolute Gasteiger partial charge is 0.456 e. The van der Waals surface area contributed by atoms with Crippen LogP contribution in [0.3, 0.4) is 0 Å². The third kappa shape index (κ3) is 5.31. The Morgan fingerprint density at radius 1 is 0.329 bits per heavy atom. The van der Waals surface area contributed by atoms with Crippen molar-refractivity contribution >= 4 is 82.9 Å². The van der Waals surface area contributed by atoms with Crippen LogP contribution in [-0.2, 0) is 10.8 Å². The summed E-state index contributed by atoms with van der Waals surface area (Å²) < 4.78 is 20.6. The van der Waals surface area contributed by atoms with Crippen molar-refractivity contribution < 1.29 is 13.3 Å². The van der Waals surface area contributed by atoms with Crippen LogP contribution < -0.4 is 4.90 Å². The molecule has 0 atom stereocenters. The van der Waals surface area contributed by atoms with E-state index in [-0.39, 0.29) is 10.8 Å². The Balaban J connectivity index is 0.975. The molecular weight excluding hydrogens is 855 g/mol. The second-order valence-electron chi connectivity index (χ2n) is 20.3. The molecule has 10 aromatic carbocycles. The lowest BCUT2D eigenvalue weighted by Gasteiger charge is -2.28. The van der Waals surface area contributed by atoms with E-state index in [0.29, 0.717) is 0 Å². The minimum Gasteiger partial charge on any atom is -0.456 e. The van der Waals surface area contributed by atoms with E-state index >= 15 is 0 Å². The van der Waals surface area contributed by atoms with Crippen LogP contribution in [0, 0.1) is 0 Å². The zero-order chi connectivity index (χ0) is 46.6. The number of benzene rings is 10. The van der Waals surface area contributed by atoms with Gasteiger partial charge >= 0.3 is 0 Å². The molecule has 2 aliphatic carbocycles. The molecule has 0 N–H and O–H groups in total. The van der Waals surface area contributed by atoms with Gasteiger partial charge in [0.1, 0.15) is 33.5 Å². The lowest BCUT2D eigenvalue weighted by atomic mass is 9.81. The first kappa shape index (κ1) is 39.4. The fourth-order valence-corrected chi connectivity index (χ4v) is 12.5. The summed E-state index contributed by atoms with van der Waals surface area (Å²) in [6.07, 6.45) is 0. The molecule has 3 heterocycles. The molecule has 2 aliphatic rings. The maximum Gasteiger partial charge on any atom is 0.144 e. The average molecular weight is 900 g/mol. The van der Waals surface area contributed by atoms with E-state index in [9.17, 15) is 0 Å². The molecule has 0 saturated carbocycles. The van der Waals surface area contributed by atoms with Gasteiger partial charge in [0, 0.05) is 60.3 Å². The SMILES string of the molecule is CC1(C)c2ccccc2-c2ccc(-c3c4oc5cccc(N(c6ccc(-c7cccc8c7oc7ccccc78)cc6)c6ccc7c(c6)C(C)(C)c6ccccc6-7)c5c4cc4oc5ccccc5c34)cc21. The first-order chi connectivity index (χ1) is 34.2. The molecule has 15 rings (SSSR count). The predicted octanol–water partition coefficient (Wildman–Crippen LogP) is 18.8. The molecule has 70 heavy (non-hydrogen) atoms. The molecule has 4 heteroatoms. The van der Waals surface area contributed by atoms with Crippen LogP contribution in [-0.4, -0.2) is 0 Å². The lowest BCUT2D eigenvalue weighted by Crippen LogP contribution is -2.16. The first-order valence-corrected chi connectivity index (χ1v) is 24.3. The lowest BCUT2D eigenvalue weighted by molar-refractivity contribution is 0.660. The molecular formula is C66H45NO3. The maximum absolute atomic E-state index is 7.27. The van der Waals surface area contributed by atoms with E-state index in [1.54, 1.807) is 0 Å². The van der Waals surface area contributed by atoms with Gasteiger partial charge in [-0.2, -0.15) is 0 Å². The average Bonchev–Trinajstić information content (AvgIpc) is 4.18.